The number of ether oxygens (including phenoxy) is 1. The number of nitrogens with zero attached hydrogens (tertiary/aromatic N) is 3. The van der Waals surface area contributed by atoms with E-state index in [0.717, 1.165) is 43.8 Å². The average molecular weight is 409 g/mol. The van der Waals surface area contributed by atoms with Gasteiger partial charge in [-0.25, -0.2) is 4.79 Å². The molecule has 1 atom stereocenters. The first-order valence-corrected chi connectivity index (χ1v) is 10.4. The van der Waals surface area contributed by atoms with Crippen LogP contribution >= 0.6 is 0 Å². The molecule has 0 unspecified atom stereocenters. The van der Waals surface area contributed by atoms with Crippen LogP contribution in [0.25, 0.3) is 0 Å². The number of likely N-dealkylation sites (tertiary alicyclic amines) is 1. The number of urea groups is 1. The number of amides is 3. The molecule has 3 amide bonds. The lowest BCUT2D eigenvalue weighted by Crippen LogP contribution is -2.57. The molecule has 2 aromatic rings. The van der Waals surface area contributed by atoms with Gasteiger partial charge in [0, 0.05) is 32.4 Å². The maximum Gasteiger partial charge on any atom is 0.324 e. The van der Waals surface area contributed by atoms with Gasteiger partial charge >= 0.3 is 6.03 Å². The smallest absolute Gasteiger partial charge is 0.324 e. The third-order valence-electron chi connectivity index (χ3n) is 6.35. The van der Waals surface area contributed by atoms with Gasteiger partial charge in [-0.15, -0.1) is 0 Å². The molecule has 2 aliphatic heterocycles. The first-order valence-electron chi connectivity index (χ1n) is 10.4. The van der Waals surface area contributed by atoms with E-state index in [9.17, 15) is 9.59 Å². The number of likely N-dealkylation sites (N-methyl/N-ethyl adjacent to an activating group) is 1. The quantitative estimate of drug-likeness (QED) is 0.744. The van der Waals surface area contributed by atoms with Crippen molar-refractivity contribution in [3.63, 3.8) is 0 Å². The van der Waals surface area contributed by atoms with Gasteiger partial charge in [0.25, 0.3) is 5.91 Å². The maximum atomic E-state index is 13.3. The normalized spacial score (nSPS) is 22.9. The van der Waals surface area contributed by atoms with Crippen molar-refractivity contribution < 1.29 is 14.3 Å². The van der Waals surface area contributed by atoms with Gasteiger partial charge < -0.3 is 10.1 Å². The predicted molar refractivity (Wildman–Crippen MR) is 113 cm³/mol. The molecule has 2 saturated heterocycles. The van der Waals surface area contributed by atoms with Crippen LogP contribution in [-0.4, -0.2) is 59.5 Å². The zero-order valence-electron chi connectivity index (χ0n) is 17.5. The molecule has 0 radical (unpaired) electrons. The van der Waals surface area contributed by atoms with Crippen LogP contribution in [0.5, 0.6) is 5.75 Å². The lowest BCUT2D eigenvalue weighted by molar-refractivity contribution is -0.133. The second-order valence-electron chi connectivity index (χ2n) is 8.21. The lowest BCUT2D eigenvalue weighted by atomic mass is 9.74. The summed E-state index contributed by atoms with van der Waals surface area (Å²) in [6.07, 6.45) is 5.84. The third-order valence-corrected chi connectivity index (χ3v) is 6.35. The molecule has 2 aliphatic rings. The van der Waals surface area contributed by atoms with E-state index in [1.165, 1.54) is 10.5 Å². The number of hydrogen-bond donors (Lipinski definition) is 1. The number of piperidine rings is 1. The van der Waals surface area contributed by atoms with Gasteiger partial charge in [-0.2, -0.15) is 0 Å². The highest BCUT2D eigenvalue weighted by atomic mass is 16.5. The molecule has 2 fully saturated rings. The van der Waals surface area contributed by atoms with Crippen LogP contribution in [0.15, 0.2) is 48.8 Å². The molecule has 7 nitrogen and oxygen atoms in total. The Labute approximate surface area is 177 Å². The Balaban J connectivity index is 1.52. The first kappa shape index (κ1) is 20.3. The number of carbonyl (C=O) groups is 2. The van der Waals surface area contributed by atoms with E-state index in [2.05, 4.69) is 21.3 Å². The Hall–Kier alpha value is -2.93. The van der Waals surface area contributed by atoms with Crippen LogP contribution in [0.2, 0.25) is 0 Å². The fourth-order valence-corrected chi connectivity index (χ4v) is 4.70. The number of rotatable bonds is 6. The first-order chi connectivity index (χ1) is 14.5. The average Bonchev–Trinajstić information content (AvgIpc) is 2.99. The lowest BCUT2D eigenvalue weighted by Gasteiger charge is -2.41. The molecule has 3 heterocycles. The Morgan fingerprint density at radius 3 is 2.57 bits per heavy atom. The van der Waals surface area contributed by atoms with Crippen LogP contribution in [0.1, 0.15) is 24.0 Å². The topological polar surface area (TPSA) is 74.8 Å². The van der Waals surface area contributed by atoms with Crippen molar-refractivity contribution in [2.45, 2.75) is 31.3 Å². The summed E-state index contributed by atoms with van der Waals surface area (Å²) in [6.45, 7) is 2.61. The molecule has 0 saturated carbocycles. The van der Waals surface area contributed by atoms with Crippen molar-refractivity contribution >= 4 is 11.9 Å². The summed E-state index contributed by atoms with van der Waals surface area (Å²) in [4.78, 5) is 33.5. The minimum absolute atomic E-state index is 0.0789. The molecule has 1 aromatic carbocycles. The molecule has 1 N–H and O–H groups in total. The van der Waals surface area contributed by atoms with Crippen molar-refractivity contribution in [3.8, 4) is 5.75 Å². The number of methoxy groups -OCH3 is 1. The predicted octanol–water partition coefficient (Wildman–Crippen LogP) is 2.47. The monoisotopic (exact) mass is 408 g/mol. The van der Waals surface area contributed by atoms with Crippen molar-refractivity contribution in [1.82, 2.24) is 20.1 Å². The number of aromatic nitrogens is 1. The van der Waals surface area contributed by atoms with Gasteiger partial charge in [-0.3, -0.25) is 19.6 Å². The largest absolute Gasteiger partial charge is 0.497 e. The number of pyridine rings is 1. The highest BCUT2D eigenvalue weighted by Crippen LogP contribution is 2.36. The van der Waals surface area contributed by atoms with Crippen LogP contribution in [0.4, 0.5) is 4.79 Å². The molecular formula is C23H28N4O3. The molecule has 0 aliphatic carbocycles. The zero-order chi connectivity index (χ0) is 21.1. The van der Waals surface area contributed by atoms with Crippen LogP contribution in [-0.2, 0) is 17.8 Å². The van der Waals surface area contributed by atoms with E-state index in [1.54, 1.807) is 20.4 Å². The molecular weight excluding hydrogens is 380 g/mol. The van der Waals surface area contributed by atoms with E-state index in [-0.39, 0.29) is 17.9 Å². The molecule has 30 heavy (non-hydrogen) atoms. The van der Waals surface area contributed by atoms with E-state index < -0.39 is 5.54 Å². The third kappa shape index (κ3) is 3.89. The second-order valence-corrected chi connectivity index (χ2v) is 8.21. The molecule has 4 rings (SSSR count). The van der Waals surface area contributed by atoms with E-state index in [0.29, 0.717) is 6.42 Å². The van der Waals surface area contributed by atoms with E-state index in [1.807, 2.05) is 36.5 Å². The zero-order valence-corrected chi connectivity index (χ0v) is 17.5. The van der Waals surface area contributed by atoms with Gasteiger partial charge in [0.2, 0.25) is 0 Å². The van der Waals surface area contributed by atoms with Gasteiger partial charge in [0.15, 0.2) is 0 Å². The molecule has 0 spiro atoms. The van der Waals surface area contributed by atoms with Crippen molar-refractivity contribution in [3.05, 3.63) is 59.9 Å². The highest BCUT2D eigenvalue weighted by Gasteiger charge is 2.54. The maximum absolute atomic E-state index is 13.3. The Morgan fingerprint density at radius 1 is 1.17 bits per heavy atom. The number of imide groups is 1. The van der Waals surface area contributed by atoms with Crippen LogP contribution in [0.3, 0.4) is 0 Å². The van der Waals surface area contributed by atoms with Gasteiger partial charge in [-0.05, 0) is 61.2 Å². The molecule has 0 bridgehead atoms. The summed E-state index contributed by atoms with van der Waals surface area (Å²) in [5.41, 5.74) is 1.27. The Morgan fingerprint density at radius 2 is 1.93 bits per heavy atom. The minimum Gasteiger partial charge on any atom is -0.497 e. The summed E-state index contributed by atoms with van der Waals surface area (Å²) in [6, 6.07) is 11.4. The SMILES string of the molecule is COc1cccc(C[C@]2(C3CCN(Cc4cccnc4)CC3)NC(=O)N(C)C2=O)c1. The van der Waals surface area contributed by atoms with E-state index >= 15 is 0 Å². The fourth-order valence-electron chi connectivity index (χ4n) is 4.70. The fraction of sp³-hybridized carbons (Fsp3) is 0.435. The van der Waals surface area contributed by atoms with Crippen molar-refractivity contribution in [2.24, 2.45) is 5.92 Å². The van der Waals surface area contributed by atoms with Crippen LogP contribution < -0.4 is 10.1 Å². The molecule has 158 valence electrons. The minimum atomic E-state index is -0.904. The molecule has 7 heteroatoms. The van der Waals surface area contributed by atoms with Gasteiger partial charge in [0.05, 0.1) is 7.11 Å². The Kier molecular flexibility index (Phi) is 5.72. The van der Waals surface area contributed by atoms with Gasteiger partial charge in [0.1, 0.15) is 11.3 Å². The van der Waals surface area contributed by atoms with E-state index in [4.69, 9.17) is 4.74 Å². The highest BCUT2D eigenvalue weighted by molar-refractivity contribution is 6.07. The van der Waals surface area contributed by atoms with Crippen molar-refractivity contribution in [1.29, 1.82) is 0 Å². The standard InChI is InChI=1S/C23H28N4O3/c1-26-21(28)23(25-22(26)29,14-17-5-3-7-20(13-17)30-2)19-8-11-27(12-9-19)16-18-6-4-10-24-15-18/h3-7,10,13,15,19H,8-9,11-12,14,16H2,1-2H3,(H,25,29)/t23-/m1/s1. The second kappa shape index (κ2) is 8.44. The number of hydrogen-bond acceptors (Lipinski definition) is 5. The van der Waals surface area contributed by atoms with Gasteiger partial charge in [-0.1, -0.05) is 18.2 Å². The van der Waals surface area contributed by atoms with Crippen molar-refractivity contribution in [2.75, 3.05) is 27.2 Å². The Bertz CT molecular complexity index is 912. The van der Waals surface area contributed by atoms with Crippen LogP contribution in [0, 0.1) is 5.92 Å². The molecule has 1 aromatic heterocycles. The number of benzene rings is 1. The number of nitrogens with one attached hydrogen (secondary N) is 1. The summed E-state index contributed by atoms with van der Waals surface area (Å²) >= 11 is 0. The number of carbonyl (C=O) groups excluding carboxylic acids is 2. The summed E-state index contributed by atoms with van der Waals surface area (Å²) in [5.74, 6) is 0.690. The summed E-state index contributed by atoms with van der Waals surface area (Å²) in [5, 5.41) is 3.06. The summed E-state index contributed by atoms with van der Waals surface area (Å²) in [7, 11) is 3.19. The summed E-state index contributed by atoms with van der Waals surface area (Å²) < 4.78 is 5.34.